The number of para-hydroxylation sites is 1. The summed E-state index contributed by atoms with van der Waals surface area (Å²) in [6, 6.07) is 23.7. The van der Waals surface area contributed by atoms with Crippen LogP contribution in [0.2, 0.25) is 5.02 Å². The van der Waals surface area contributed by atoms with E-state index in [-0.39, 0.29) is 11.8 Å². The van der Waals surface area contributed by atoms with Gasteiger partial charge < -0.3 is 0 Å². The third kappa shape index (κ3) is 1.79. The monoisotopic (exact) mass is 413 g/mol. The summed E-state index contributed by atoms with van der Waals surface area (Å²) in [6.07, 6.45) is 0. The Balaban J connectivity index is 1.68. The second-order valence-corrected chi connectivity index (χ2v) is 9.32. The van der Waals surface area contributed by atoms with Crippen LogP contribution in [0.15, 0.2) is 72.8 Å². The number of halogens is 1. The Labute approximate surface area is 180 Å². The van der Waals surface area contributed by atoms with Gasteiger partial charge in [-0.2, -0.15) is 0 Å². The highest BCUT2D eigenvalue weighted by molar-refractivity contribution is 6.36. The number of anilines is 1. The van der Waals surface area contributed by atoms with E-state index in [0.717, 1.165) is 22.3 Å². The molecule has 3 aliphatic carbocycles. The first-order valence-electron chi connectivity index (χ1n) is 10.2. The molecule has 1 fully saturated rings. The number of benzene rings is 3. The molecule has 0 N–H and O–H groups in total. The fraction of sp³-hybridized carbons (Fsp3) is 0.231. The van der Waals surface area contributed by atoms with Gasteiger partial charge in [0, 0.05) is 10.8 Å². The van der Waals surface area contributed by atoms with E-state index >= 15 is 0 Å². The highest BCUT2D eigenvalue weighted by Gasteiger charge is 2.70. The van der Waals surface area contributed by atoms with Gasteiger partial charge in [0.1, 0.15) is 0 Å². The molecule has 0 radical (unpaired) electrons. The van der Waals surface area contributed by atoms with Gasteiger partial charge in [0.25, 0.3) is 0 Å². The van der Waals surface area contributed by atoms with E-state index in [9.17, 15) is 9.59 Å². The molecule has 1 heterocycles. The molecule has 4 heteroatoms. The van der Waals surface area contributed by atoms with Gasteiger partial charge >= 0.3 is 0 Å². The molecule has 2 atom stereocenters. The van der Waals surface area contributed by atoms with Crippen LogP contribution in [0.4, 0.5) is 5.69 Å². The summed E-state index contributed by atoms with van der Waals surface area (Å²) < 4.78 is 0. The van der Waals surface area contributed by atoms with Gasteiger partial charge in [0.15, 0.2) is 0 Å². The molecule has 1 aliphatic heterocycles. The Kier molecular flexibility index (Phi) is 3.35. The lowest BCUT2D eigenvalue weighted by atomic mass is 9.42. The first-order valence-corrected chi connectivity index (χ1v) is 10.6. The molecule has 0 spiro atoms. The van der Waals surface area contributed by atoms with Crippen molar-refractivity contribution in [3.8, 4) is 0 Å². The lowest BCUT2D eigenvalue weighted by Gasteiger charge is -2.57. The molecule has 0 aromatic heterocycles. The minimum absolute atomic E-state index is 0.157. The zero-order chi connectivity index (χ0) is 20.8. The number of hydrogen-bond acceptors (Lipinski definition) is 2. The van der Waals surface area contributed by atoms with Gasteiger partial charge in [-0.05, 0) is 34.4 Å². The molecule has 30 heavy (non-hydrogen) atoms. The van der Waals surface area contributed by atoms with Crippen LogP contribution in [-0.2, 0) is 20.4 Å². The third-order valence-electron chi connectivity index (χ3n) is 7.74. The maximum atomic E-state index is 13.9. The first kappa shape index (κ1) is 17.9. The summed E-state index contributed by atoms with van der Waals surface area (Å²) in [7, 11) is 0. The molecule has 3 nitrogen and oxygen atoms in total. The molecule has 2 bridgehead atoms. The van der Waals surface area contributed by atoms with Gasteiger partial charge in [-0.3, -0.25) is 9.59 Å². The summed E-state index contributed by atoms with van der Waals surface area (Å²) in [4.78, 5) is 29.2. The van der Waals surface area contributed by atoms with Crippen LogP contribution in [0.5, 0.6) is 0 Å². The van der Waals surface area contributed by atoms with Crippen molar-refractivity contribution in [1.29, 1.82) is 0 Å². The molecule has 3 aromatic rings. The largest absolute Gasteiger partial charge is 0.274 e. The number of amides is 2. The lowest BCUT2D eigenvalue weighted by Crippen LogP contribution is -2.59. The van der Waals surface area contributed by atoms with Gasteiger partial charge in [-0.25, -0.2) is 4.90 Å². The zero-order valence-corrected chi connectivity index (χ0v) is 17.5. The van der Waals surface area contributed by atoms with E-state index in [0.29, 0.717) is 10.7 Å². The standard InChI is InChI=1S/C26H20ClNO2/c1-25-15-9-3-5-11-17(15)26(2,18-12-6-4-10-16(18)25)22-21(25)23(29)28(24(22)30)20-14-8-7-13-19(20)27/h3-14,21-22H,1-2H3/t21-,22-,25?,26?/m0/s1. The molecular formula is C26H20ClNO2. The predicted molar refractivity (Wildman–Crippen MR) is 117 cm³/mol. The number of rotatable bonds is 1. The van der Waals surface area contributed by atoms with Gasteiger partial charge in [0.2, 0.25) is 11.8 Å². The van der Waals surface area contributed by atoms with Gasteiger partial charge in [-0.1, -0.05) is 86.1 Å². The predicted octanol–water partition coefficient (Wildman–Crippen LogP) is 5.08. The molecule has 3 aromatic carbocycles. The Morgan fingerprint density at radius 3 is 1.43 bits per heavy atom. The van der Waals surface area contributed by atoms with Crippen LogP contribution in [0.25, 0.3) is 0 Å². The maximum Gasteiger partial charge on any atom is 0.239 e. The summed E-state index contributed by atoms with van der Waals surface area (Å²) in [5, 5.41) is 0.413. The molecule has 1 saturated heterocycles. The Morgan fingerprint density at radius 1 is 0.667 bits per heavy atom. The van der Waals surface area contributed by atoms with Gasteiger partial charge in [0.05, 0.1) is 22.5 Å². The van der Waals surface area contributed by atoms with E-state index in [2.05, 4.69) is 38.1 Å². The van der Waals surface area contributed by atoms with Crippen LogP contribution in [-0.4, -0.2) is 11.8 Å². The zero-order valence-electron chi connectivity index (χ0n) is 16.7. The van der Waals surface area contributed by atoms with Crippen molar-refractivity contribution in [3.05, 3.63) is 100 Å². The highest BCUT2D eigenvalue weighted by atomic mass is 35.5. The summed E-state index contributed by atoms with van der Waals surface area (Å²) in [6.45, 7) is 4.25. The van der Waals surface area contributed by atoms with Crippen molar-refractivity contribution in [3.63, 3.8) is 0 Å². The molecule has 7 rings (SSSR count). The van der Waals surface area contributed by atoms with Gasteiger partial charge in [-0.15, -0.1) is 0 Å². The van der Waals surface area contributed by atoms with Crippen LogP contribution in [0, 0.1) is 11.8 Å². The Bertz CT molecular complexity index is 1140. The highest BCUT2D eigenvalue weighted by Crippen LogP contribution is 2.66. The SMILES string of the molecule is CC12c3ccccc3C(C)(c3ccccc31)[C@@H]1C(=O)N(c3ccccc3Cl)C(=O)[C@H]12. The Hall–Kier alpha value is -2.91. The van der Waals surface area contributed by atoms with Crippen molar-refractivity contribution in [2.24, 2.45) is 11.8 Å². The van der Waals surface area contributed by atoms with E-state index < -0.39 is 22.7 Å². The van der Waals surface area contributed by atoms with Crippen LogP contribution >= 0.6 is 11.6 Å². The van der Waals surface area contributed by atoms with Crippen LogP contribution < -0.4 is 4.90 Å². The number of carbonyl (C=O) groups excluding carboxylic acids is 2. The number of nitrogens with zero attached hydrogens (tertiary/aromatic N) is 1. The smallest absolute Gasteiger partial charge is 0.239 e. The fourth-order valence-electron chi connectivity index (χ4n) is 6.44. The normalized spacial score (nSPS) is 30.8. The molecular weight excluding hydrogens is 394 g/mol. The average Bonchev–Trinajstić information content (AvgIpc) is 3.04. The lowest BCUT2D eigenvalue weighted by molar-refractivity contribution is -0.124. The summed E-state index contributed by atoms with van der Waals surface area (Å²) in [5.41, 5.74) is 3.92. The average molecular weight is 414 g/mol. The number of hydrogen-bond donors (Lipinski definition) is 0. The third-order valence-corrected chi connectivity index (χ3v) is 8.06. The molecule has 0 saturated carbocycles. The van der Waals surface area contributed by atoms with E-state index in [1.54, 1.807) is 12.1 Å². The topological polar surface area (TPSA) is 37.4 Å². The molecule has 0 unspecified atom stereocenters. The second-order valence-electron chi connectivity index (χ2n) is 8.91. The number of carbonyl (C=O) groups is 2. The van der Waals surface area contributed by atoms with Crippen molar-refractivity contribution in [1.82, 2.24) is 0 Å². The van der Waals surface area contributed by atoms with Crippen molar-refractivity contribution in [2.75, 3.05) is 4.90 Å². The fourth-order valence-corrected chi connectivity index (χ4v) is 6.66. The summed E-state index contributed by atoms with van der Waals surface area (Å²) >= 11 is 6.42. The quantitative estimate of drug-likeness (QED) is 0.521. The second kappa shape index (κ2) is 5.61. The van der Waals surface area contributed by atoms with Crippen molar-refractivity contribution < 1.29 is 9.59 Å². The van der Waals surface area contributed by atoms with Crippen molar-refractivity contribution >= 4 is 29.1 Å². The summed E-state index contributed by atoms with van der Waals surface area (Å²) in [5.74, 6) is -1.24. The van der Waals surface area contributed by atoms with E-state index in [1.807, 2.05) is 36.4 Å². The van der Waals surface area contributed by atoms with E-state index in [1.165, 1.54) is 4.90 Å². The number of imide groups is 1. The molecule has 4 aliphatic rings. The molecule has 2 amide bonds. The first-order chi connectivity index (χ1) is 14.4. The van der Waals surface area contributed by atoms with Crippen molar-refractivity contribution in [2.45, 2.75) is 24.7 Å². The minimum Gasteiger partial charge on any atom is -0.274 e. The Morgan fingerprint density at radius 2 is 1.03 bits per heavy atom. The van der Waals surface area contributed by atoms with Crippen LogP contribution in [0.1, 0.15) is 36.1 Å². The van der Waals surface area contributed by atoms with E-state index in [4.69, 9.17) is 11.6 Å². The van der Waals surface area contributed by atoms with Crippen LogP contribution in [0.3, 0.4) is 0 Å². The minimum atomic E-state index is -0.571. The molecule has 148 valence electrons. The maximum absolute atomic E-state index is 13.9.